The Kier molecular flexibility index (Phi) is 5.28. The van der Waals surface area contributed by atoms with E-state index in [-0.39, 0.29) is 17.3 Å². The summed E-state index contributed by atoms with van der Waals surface area (Å²) < 4.78 is 28.0. The maximum absolute atomic E-state index is 13.2. The molecule has 0 saturated carbocycles. The molecule has 1 fully saturated rings. The second-order valence-electron chi connectivity index (χ2n) is 8.37. The van der Waals surface area contributed by atoms with Crippen LogP contribution in [-0.4, -0.2) is 31.7 Å². The van der Waals surface area contributed by atoms with Crippen LogP contribution in [0.15, 0.2) is 59.5 Å². The molecule has 2 aliphatic rings. The fourth-order valence-corrected chi connectivity index (χ4v) is 6.60. The highest BCUT2D eigenvalue weighted by Gasteiger charge is 2.28. The standard InChI is InChI=1S/C25H26N2O3S/c28-25(22-14-13-19-12-11-18-8-6-9-21(22)24(18)19)26-17-20-7-2-3-10-23(20)31(29,30)27-15-4-1-5-16-27/h2-3,6-10,13-14H,1,4-5,11-12,15-17H2,(H,26,28). The summed E-state index contributed by atoms with van der Waals surface area (Å²) in [4.78, 5) is 13.4. The number of carbonyl (C=O) groups is 1. The first-order valence-electron chi connectivity index (χ1n) is 11.0. The number of amides is 1. The van der Waals surface area contributed by atoms with Crippen LogP contribution in [0.4, 0.5) is 0 Å². The molecule has 3 aromatic rings. The zero-order chi connectivity index (χ0) is 21.4. The van der Waals surface area contributed by atoms with Crippen LogP contribution in [0.1, 0.15) is 46.3 Å². The van der Waals surface area contributed by atoms with Crippen molar-refractivity contribution in [2.75, 3.05) is 13.1 Å². The molecule has 1 aliphatic carbocycles. The summed E-state index contributed by atoms with van der Waals surface area (Å²) in [6.45, 7) is 1.29. The van der Waals surface area contributed by atoms with E-state index in [4.69, 9.17) is 0 Å². The Labute approximate surface area is 183 Å². The number of nitrogens with one attached hydrogen (secondary N) is 1. The number of rotatable bonds is 5. The Morgan fingerprint density at radius 2 is 1.61 bits per heavy atom. The van der Waals surface area contributed by atoms with Gasteiger partial charge in [-0.3, -0.25) is 4.79 Å². The fraction of sp³-hybridized carbons (Fsp3) is 0.320. The van der Waals surface area contributed by atoms with Gasteiger partial charge in [-0.15, -0.1) is 0 Å². The molecule has 1 N–H and O–H groups in total. The average molecular weight is 435 g/mol. The van der Waals surface area contributed by atoms with Crippen LogP contribution in [0.5, 0.6) is 0 Å². The molecule has 0 unspecified atom stereocenters. The summed E-state index contributed by atoms with van der Waals surface area (Å²) in [6, 6.07) is 17.0. The Balaban J connectivity index is 1.41. The van der Waals surface area contributed by atoms with Gasteiger partial charge in [0.15, 0.2) is 0 Å². The molecule has 0 aromatic heterocycles. The molecule has 31 heavy (non-hydrogen) atoms. The van der Waals surface area contributed by atoms with Crippen molar-refractivity contribution in [3.8, 4) is 0 Å². The lowest BCUT2D eigenvalue weighted by molar-refractivity contribution is 0.0952. The highest BCUT2D eigenvalue weighted by atomic mass is 32.2. The number of carbonyl (C=O) groups excluding carboxylic acids is 1. The van der Waals surface area contributed by atoms with E-state index in [0.29, 0.717) is 24.2 Å². The number of sulfonamides is 1. The van der Waals surface area contributed by atoms with Gasteiger partial charge >= 0.3 is 0 Å². The summed E-state index contributed by atoms with van der Waals surface area (Å²) in [5, 5.41) is 5.13. The summed E-state index contributed by atoms with van der Waals surface area (Å²) in [5.41, 5.74) is 3.84. The van der Waals surface area contributed by atoms with Crippen LogP contribution in [0.3, 0.4) is 0 Å². The third-order valence-corrected chi connectivity index (χ3v) is 8.47. The molecule has 0 atom stereocenters. The van der Waals surface area contributed by atoms with Crippen molar-refractivity contribution in [3.05, 3.63) is 76.9 Å². The smallest absolute Gasteiger partial charge is 0.252 e. The minimum Gasteiger partial charge on any atom is -0.348 e. The summed E-state index contributed by atoms with van der Waals surface area (Å²) in [7, 11) is -3.56. The van der Waals surface area contributed by atoms with E-state index in [0.717, 1.165) is 37.5 Å². The van der Waals surface area contributed by atoms with E-state index in [1.54, 1.807) is 22.5 Å². The molecule has 0 radical (unpaired) electrons. The number of hydrogen-bond donors (Lipinski definition) is 1. The maximum atomic E-state index is 13.2. The minimum absolute atomic E-state index is 0.172. The molecule has 1 saturated heterocycles. The van der Waals surface area contributed by atoms with Crippen molar-refractivity contribution in [1.82, 2.24) is 9.62 Å². The van der Waals surface area contributed by atoms with Crippen molar-refractivity contribution in [3.63, 3.8) is 0 Å². The lowest BCUT2D eigenvalue weighted by atomic mass is 9.99. The van der Waals surface area contributed by atoms with Gasteiger partial charge < -0.3 is 5.32 Å². The van der Waals surface area contributed by atoms with Gasteiger partial charge in [0.25, 0.3) is 5.91 Å². The van der Waals surface area contributed by atoms with E-state index in [1.807, 2.05) is 30.3 Å². The Morgan fingerprint density at radius 1 is 0.871 bits per heavy atom. The Morgan fingerprint density at radius 3 is 2.42 bits per heavy atom. The third kappa shape index (κ3) is 3.64. The Bertz CT molecular complexity index is 1250. The molecule has 0 spiro atoms. The molecular weight excluding hydrogens is 408 g/mol. The molecule has 6 heteroatoms. The summed E-state index contributed by atoms with van der Waals surface area (Å²) in [6.07, 6.45) is 4.88. The number of piperidine rings is 1. The lowest BCUT2D eigenvalue weighted by Gasteiger charge is -2.26. The number of aryl methyl sites for hydroxylation is 2. The fourth-order valence-electron chi connectivity index (χ4n) is 4.86. The average Bonchev–Trinajstić information content (AvgIpc) is 3.23. The Hall–Kier alpha value is -2.70. The summed E-state index contributed by atoms with van der Waals surface area (Å²) in [5.74, 6) is -0.180. The van der Waals surface area contributed by atoms with Gasteiger partial charge in [0, 0.05) is 25.2 Å². The molecule has 5 nitrogen and oxygen atoms in total. The van der Waals surface area contributed by atoms with E-state index >= 15 is 0 Å². The molecule has 5 rings (SSSR count). The zero-order valence-corrected chi connectivity index (χ0v) is 18.2. The highest BCUT2D eigenvalue weighted by Crippen LogP contribution is 2.33. The van der Waals surface area contributed by atoms with E-state index in [1.165, 1.54) is 16.5 Å². The van der Waals surface area contributed by atoms with Crippen LogP contribution >= 0.6 is 0 Å². The molecule has 3 aromatic carbocycles. The number of nitrogens with zero attached hydrogens (tertiary/aromatic N) is 1. The topological polar surface area (TPSA) is 66.5 Å². The molecule has 1 amide bonds. The SMILES string of the molecule is O=C(NCc1ccccc1S(=O)(=O)N1CCCCC1)c1ccc2c3c(cccc13)CC2. The molecule has 160 valence electrons. The molecule has 0 bridgehead atoms. The van der Waals surface area contributed by atoms with Gasteiger partial charge in [-0.05, 0) is 65.3 Å². The van der Waals surface area contributed by atoms with Crippen molar-refractivity contribution < 1.29 is 13.2 Å². The van der Waals surface area contributed by atoms with Crippen LogP contribution in [0.25, 0.3) is 10.8 Å². The zero-order valence-electron chi connectivity index (χ0n) is 17.4. The first-order chi connectivity index (χ1) is 15.1. The maximum Gasteiger partial charge on any atom is 0.252 e. The van der Waals surface area contributed by atoms with Crippen LogP contribution < -0.4 is 5.32 Å². The monoisotopic (exact) mass is 434 g/mol. The van der Waals surface area contributed by atoms with Crippen LogP contribution in [-0.2, 0) is 29.4 Å². The lowest BCUT2D eigenvalue weighted by Crippen LogP contribution is -2.36. The summed E-state index contributed by atoms with van der Waals surface area (Å²) >= 11 is 0. The first kappa shape index (κ1) is 20.2. The van der Waals surface area contributed by atoms with Crippen molar-refractivity contribution >= 4 is 26.7 Å². The van der Waals surface area contributed by atoms with Crippen molar-refractivity contribution in [1.29, 1.82) is 0 Å². The van der Waals surface area contributed by atoms with Gasteiger partial charge in [-0.25, -0.2) is 8.42 Å². The van der Waals surface area contributed by atoms with E-state index in [2.05, 4.69) is 11.4 Å². The number of hydrogen-bond acceptors (Lipinski definition) is 3. The minimum atomic E-state index is -3.56. The van der Waals surface area contributed by atoms with E-state index < -0.39 is 10.0 Å². The second-order valence-corrected chi connectivity index (χ2v) is 10.3. The van der Waals surface area contributed by atoms with Gasteiger partial charge in [-0.1, -0.05) is 48.9 Å². The van der Waals surface area contributed by atoms with Gasteiger partial charge in [0.05, 0.1) is 4.90 Å². The molecule has 1 aliphatic heterocycles. The second kappa shape index (κ2) is 8.09. The molecule has 1 heterocycles. The quantitative estimate of drug-likeness (QED) is 0.659. The predicted molar refractivity (Wildman–Crippen MR) is 122 cm³/mol. The van der Waals surface area contributed by atoms with Crippen LogP contribution in [0.2, 0.25) is 0 Å². The van der Waals surface area contributed by atoms with Crippen molar-refractivity contribution in [2.24, 2.45) is 0 Å². The van der Waals surface area contributed by atoms with Crippen LogP contribution in [0, 0.1) is 0 Å². The largest absolute Gasteiger partial charge is 0.348 e. The highest BCUT2D eigenvalue weighted by molar-refractivity contribution is 7.89. The van der Waals surface area contributed by atoms with Gasteiger partial charge in [0.2, 0.25) is 10.0 Å². The van der Waals surface area contributed by atoms with Gasteiger partial charge in [0.1, 0.15) is 0 Å². The van der Waals surface area contributed by atoms with Crippen molar-refractivity contribution in [2.45, 2.75) is 43.5 Å². The van der Waals surface area contributed by atoms with E-state index in [9.17, 15) is 13.2 Å². The number of benzene rings is 3. The molecular formula is C25H26N2O3S. The third-order valence-electron chi connectivity index (χ3n) is 6.47. The predicted octanol–water partition coefficient (Wildman–Crippen LogP) is 4.04. The van der Waals surface area contributed by atoms with Gasteiger partial charge in [-0.2, -0.15) is 4.31 Å². The normalized spacial score (nSPS) is 16.5. The first-order valence-corrected chi connectivity index (χ1v) is 12.4.